The fourth-order valence-electron chi connectivity index (χ4n) is 2.35. The molecule has 2 aromatic heterocycles. The Morgan fingerprint density at radius 1 is 1.00 bits per heavy atom. The number of nitrogens with one attached hydrogen (secondary N) is 3. The molecule has 2 amide bonds. The van der Waals surface area contributed by atoms with E-state index in [0.717, 1.165) is 11.1 Å². The molecule has 144 valence electrons. The first-order valence-corrected chi connectivity index (χ1v) is 9.89. The molecular weight excluding hydrogens is 378 g/mol. The van der Waals surface area contributed by atoms with E-state index in [1.54, 1.807) is 37.6 Å². The molecule has 2 heterocycles. The van der Waals surface area contributed by atoms with Crippen molar-refractivity contribution in [3.63, 3.8) is 0 Å². The highest BCUT2D eigenvalue weighted by Gasteiger charge is 2.15. The van der Waals surface area contributed by atoms with Crippen molar-refractivity contribution in [2.75, 3.05) is 10.0 Å². The van der Waals surface area contributed by atoms with Crippen molar-refractivity contribution in [3.8, 4) is 0 Å². The van der Waals surface area contributed by atoms with E-state index < -0.39 is 16.1 Å². The van der Waals surface area contributed by atoms with Crippen LogP contribution in [0.4, 0.5) is 16.2 Å². The van der Waals surface area contributed by atoms with Crippen molar-refractivity contribution in [2.24, 2.45) is 0 Å². The molecule has 1 aromatic carbocycles. The number of hydrogen-bond acceptors (Lipinski definition) is 5. The van der Waals surface area contributed by atoms with Crippen molar-refractivity contribution in [3.05, 3.63) is 78.4 Å². The third-order valence-electron chi connectivity index (χ3n) is 3.88. The van der Waals surface area contributed by atoms with E-state index in [-0.39, 0.29) is 4.90 Å². The summed E-state index contributed by atoms with van der Waals surface area (Å²) in [5, 5.41) is 5.36. The lowest BCUT2D eigenvalue weighted by atomic mass is 10.3. The Morgan fingerprint density at radius 3 is 2.43 bits per heavy atom. The van der Waals surface area contributed by atoms with Crippen LogP contribution >= 0.6 is 0 Å². The molecule has 0 saturated heterocycles. The zero-order valence-electron chi connectivity index (χ0n) is 15.1. The monoisotopic (exact) mass is 397 g/mol. The van der Waals surface area contributed by atoms with Crippen LogP contribution in [-0.2, 0) is 16.6 Å². The lowest BCUT2D eigenvalue weighted by molar-refractivity contribution is 0.251. The van der Waals surface area contributed by atoms with E-state index in [4.69, 9.17) is 0 Å². The van der Waals surface area contributed by atoms with Crippen molar-refractivity contribution in [2.45, 2.75) is 18.4 Å². The van der Waals surface area contributed by atoms with Crippen molar-refractivity contribution in [1.29, 1.82) is 0 Å². The molecule has 0 unspecified atom stereocenters. The lowest BCUT2D eigenvalue weighted by Crippen LogP contribution is -2.28. The van der Waals surface area contributed by atoms with Crippen LogP contribution in [0.2, 0.25) is 0 Å². The quantitative estimate of drug-likeness (QED) is 0.592. The Morgan fingerprint density at radius 2 is 1.75 bits per heavy atom. The predicted octanol–water partition coefficient (Wildman–Crippen LogP) is 2.91. The molecule has 0 radical (unpaired) electrons. The van der Waals surface area contributed by atoms with Gasteiger partial charge in [-0.1, -0.05) is 6.07 Å². The first kappa shape index (κ1) is 19.3. The van der Waals surface area contributed by atoms with Crippen LogP contribution in [0.25, 0.3) is 0 Å². The molecular formula is C19H19N5O3S. The van der Waals surface area contributed by atoms with Crippen molar-refractivity contribution in [1.82, 2.24) is 15.3 Å². The topological polar surface area (TPSA) is 113 Å². The smallest absolute Gasteiger partial charge is 0.319 e. The zero-order valence-corrected chi connectivity index (χ0v) is 15.9. The Hall–Kier alpha value is -3.46. The summed E-state index contributed by atoms with van der Waals surface area (Å²) in [6.45, 7) is 2.12. The minimum absolute atomic E-state index is 0.0806. The maximum absolute atomic E-state index is 12.5. The molecule has 0 spiro atoms. The molecule has 0 saturated carbocycles. The largest absolute Gasteiger partial charge is 0.334 e. The van der Waals surface area contributed by atoms with Crippen LogP contribution in [-0.4, -0.2) is 24.4 Å². The molecule has 3 aromatic rings. The number of pyridine rings is 2. The minimum Gasteiger partial charge on any atom is -0.334 e. The van der Waals surface area contributed by atoms with Gasteiger partial charge in [0.15, 0.2) is 0 Å². The number of rotatable bonds is 6. The van der Waals surface area contributed by atoms with Gasteiger partial charge in [-0.25, -0.2) is 13.2 Å². The van der Waals surface area contributed by atoms with Crippen LogP contribution in [0.15, 0.2) is 72.1 Å². The molecule has 28 heavy (non-hydrogen) atoms. The number of carbonyl (C=O) groups is 1. The second kappa shape index (κ2) is 8.49. The number of urea groups is 1. The summed E-state index contributed by atoms with van der Waals surface area (Å²) >= 11 is 0. The highest BCUT2D eigenvalue weighted by molar-refractivity contribution is 7.92. The van der Waals surface area contributed by atoms with Gasteiger partial charge in [0.1, 0.15) is 0 Å². The van der Waals surface area contributed by atoms with Gasteiger partial charge in [0.05, 0.1) is 16.8 Å². The number of sulfonamides is 1. The second-order valence-corrected chi connectivity index (χ2v) is 7.67. The molecule has 9 heteroatoms. The summed E-state index contributed by atoms with van der Waals surface area (Å²) in [6, 6.07) is 10.8. The van der Waals surface area contributed by atoms with Gasteiger partial charge in [-0.15, -0.1) is 0 Å². The number of nitrogens with zero attached hydrogens (tertiary/aromatic N) is 2. The van der Waals surface area contributed by atoms with Gasteiger partial charge in [-0.3, -0.25) is 14.7 Å². The van der Waals surface area contributed by atoms with Gasteiger partial charge in [0.25, 0.3) is 10.0 Å². The summed E-state index contributed by atoms with van der Waals surface area (Å²) in [7, 11) is -3.75. The van der Waals surface area contributed by atoms with Gasteiger partial charge in [-0.05, 0) is 54.4 Å². The standard InChI is InChI=1S/C19H19N5O3S/c1-14-8-10-21-13-18(14)24-28(26,27)17-6-4-16(5-7-17)23-19(25)22-12-15-3-2-9-20-11-15/h2-11,13,24H,12H2,1H3,(H2,22,23,25). The minimum atomic E-state index is -3.75. The summed E-state index contributed by atoms with van der Waals surface area (Å²) in [6.07, 6.45) is 6.36. The number of aromatic nitrogens is 2. The summed E-state index contributed by atoms with van der Waals surface area (Å²) < 4.78 is 27.5. The third kappa shape index (κ3) is 5.04. The number of hydrogen-bond donors (Lipinski definition) is 3. The first-order chi connectivity index (χ1) is 13.4. The van der Waals surface area contributed by atoms with E-state index >= 15 is 0 Å². The highest BCUT2D eigenvalue weighted by atomic mass is 32.2. The number of benzene rings is 1. The van der Waals surface area contributed by atoms with Crippen LogP contribution in [0, 0.1) is 6.92 Å². The van der Waals surface area contributed by atoms with E-state index in [1.807, 2.05) is 6.07 Å². The molecule has 0 aliphatic heterocycles. The van der Waals surface area contributed by atoms with E-state index in [1.165, 1.54) is 30.5 Å². The van der Waals surface area contributed by atoms with Gasteiger partial charge < -0.3 is 10.6 Å². The Labute approximate surface area is 163 Å². The Bertz CT molecular complexity index is 1050. The normalized spacial score (nSPS) is 10.9. The lowest BCUT2D eigenvalue weighted by Gasteiger charge is -2.11. The number of aryl methyl sites for hydroxylation is 1. The highest BCUT2D eigenvalue weighted by Crippen LogP contribution is 2.20. The van der Waals surface area contributed by atoms with Gasteiger partial charge >= 0.3 is 6.03 Å². The van der Waals surface area contributed by atoms with Crippen LogP contribution < -0.4 is 15.4 Å². The first-order valence-electron chi connectivity index (χ1n) is 8.41. The second-order valence-electron chi connectivity index (χ2n) is 5.99. The molecule has 0 atom stereocenters. The summed E-state index contributed by atoms with van der Waals surface area (Å²) in [5.41, 5.74) is 2.53. The van der Waals surface area contributed by atoms with Gasteiger partial charge in [0, 0.05) is 30.8 Å². The number of anilines is 2. The summed E-state index contributed by atoms with van der Waals surface area (Å²) in [5.74, 6) is 0. The van der Waals surface area contributed by atoms with Crippen molar-refractivity contribution < 1.29 is 13.2 Å². The molecule has 3 rings (SSSR count). The zero-order chi connectivity index (χ0) is 20.0. The van der Waals surface area contributed by atoms with E-state index in [0.29, 0.717) is 17.9 Å². The van der Waals surface area contributed by atoms with Crippen LogP contribution in [0.3, 0.4) is 0 Å². The molecule has 0 aliphatic carbocycles. The van der Waals surface area contributed by atoms with Gasteiger partial charge in [-0.2, -0.15) is 0 Å². The predicted molar refractivity (Wildman–Crippen MR) is 106 cm³/mol. The Kier molecular flexibility index (Phi) is 5.85. The molecule has 0 aliphatic rings. The number of carbonyl (C=O) groups excluding carboxylic acids is 1. The third-order valence-corrected chi connectivity index (χ3v) is 5.26. The summed E-state index contributed by atoms with van der Waals surface area (Å²) in [4.78, 5) is 19.9. The molecule has 0 bridgehead atoms. The van der Waals surface area contributed by atoms with Crippen LogP contribution in [0.5, 0.6) is 0 Å². The SMILES string of the molecule is Cc1ccncc1NS(=O)(=O)c1ccc(NC(=O)NCc2cccnc2)cc1. The average Bonchev–Trinajstić information content (AvgIpc) is 2.69. The average molecular weight is 397 g/mol. The molecule has 8 nitrogen and oxygen atoms in total. The maximum atomic E-state index is 12.5. The fourth-order valence-corrected chi connectivity index (χ4v) is 3.47. The van der Waals surface area contributed by atoms with Gasteiger partial charge in [0.2, 0.25) is 0 Å². The maximum Gasteiger partial charge on any atom is 0.319 e. The number of amides is 2. The van der Waals surface area contributed by atoms with E-state index in [2.05, 4.69) is 25.3 Å². The van der Waals surface area contributed by atoms with Crippen molar-refractivity contribution >= 4 is 27.4 Å². The van der Waals surface area contributed by atoms with E-state index in [9.17, 15) is 13.2 Å². The Balaban J connectivity index is 1.61. The fraction of sp³-hybridized carbons (Fsp3) is 0.105. The molecule has 0 fully saturated rings. The molecule has 3 N–H and O–H groups in total. The van der Waals surface area contributed by atoms with Crippen LogP contribution in [0.1, 0.15) is 11.1 Å².